The molecule has 5 nitrogen and oxygen atoms in total. The zero-order valence-corrected chi connectivity index (χ0v) is 12.7. The molecule has 1 aliphatic rings. The van der Waals surface area contributed by atoms with Gasteiger partial charge in [0.05, 0.1) is 6.04 Å². The maximum absolute atomic E-state index is 12.4. The van der Waals surface area contributed by atoms with Gasteiger partial charge in [-0.05, 0) is 47.2 Å². The van der Waals surface area contributed by atoms with Gasteiger partial charge in [-0.2, -0.15) is 0 Å². The highest BCUT2D eigenvalue weighted by atomic mass is 16.6. The molecule has 1 fully saturated rings. The molecule has 0 saturated carbocycles. The van der Waals surface area contributed by atoms with E-state index in [4.69, 9.17) is 4.74 Å². The third-order valence-electron chi connectivity index (χ3n) is 3.17. The van der Waals surface area contributed by atoms with E-state index in [1.165, 1.54) is 6.92 Å². The number of nitrogens with one attached hydrogen (secondary N) is 1. The third-order valence-corrected chi connectivity index (χ3v) is 3.17. The van der Waals surface area contributed by atoms with Gasteiger partial charge in [0.1, 0.15) is 11.6 Å². The summed E-state index contributed by atoms with van der Waals surface area (Å²) in [4.78, 5) is 25.6. The fraction of sp³-hybridized carbons (Fsp3) is 0.857. The number of hydrogen-bond acceptors (Lipinski definition) is 4. The summed E-state index contributed by atoms with van der Waals surface area (Å²) in [5, 5.41) is 2.89. The van der Waals surface area contributed by atoms with E-state index >= 15 is 0 Å². The maximum atomic E-state index is 12.4. The van der Waals surface area contributed by atoms with E-state index in [1.54, 1.807) is 0 Å². The quantitative estimate of drug-likeness (QED) is 0.769. The highest BCUT2D eigenvalue weighted by molar-refractivity contribution is 5.79. The molecule has 2 atom stereocenters. The van der Waals surface area contributed by atoms with Gasteiger partial charge in [0.2, 0.25) is 5.91 Å². The van der Waals surface area contributed by atoms with Gasteiger partial charge >= 0.3 is 5.97 Å². The Morgan fingerprint density at radius 2 is 1.89 bits per heavy atom. The minimum atomic E-state index is -0.509. The summed E-state index contributed by atoms with van der Waals surface area (Å²) in [6, 6.07) is -0.564. The third kappa shape index (κ3) is 5.19. The Morgan fingerprint density at radius 3 is 2.42 bits per heavy atom. The normalized spacial score (nSPS) is 25.5. The number of nitrogens with zero attached hydrogens (tertiary/aromatic N) is 1. The zero-order valence-electron chi connectivity index (χ0n) is 12.7. The first kappa shape index (κ1) is 16.0. The summed E-state index contributed by atoms with van der Waals surface area (Å²) in [7, 11) is 1.91. The average Bonchev–Trinajstić information content (AvgIpc) is 2.36. The zero-order chi connectivity index (χ0) is 14.6. The number of carbonyl (C=O) groups excluding carboxylic acids is 2. The topological polar surface area (TPSA) is 58.6 Å². The van der Waals surface area contributed by atoms with Crippen LogP contribution >= 0.6 is 0 Å². The van der Waals surface area contributed by atoms with Gasteiger partial charge in [-0.25, -0.2) is 0 Å². The van der Waals surface area contributed by atoms with Crippen molar-refractivity contribution < 1.29 is 14.3 Å². The fourth-order valence-electron chi connectivity index (χ4n) is 2.45. The highest BCUT2D eigenvalue weighted by Crippen LogP contribution is 2.20. The first-order valence-electron chi connectivity index (χ1n) is 6.91. The van der Waals surface area contributed by atoms with Crippen molar-refractivity contribution in [3.05, 3.63) is 0 Å². The standard InChI is InChI=1S/C14H26N2O3/c1-10(17)15-11-8-6-7-9-16(5)12(11)13(18)19-14(2,3)4/h11-12H,6-9H2,1-5H3,(H,15,17). The molecule has 0 bridgehead atoms. The lowest BCUT2D eigenvalue weighted by atomic mass is 10.0. The molecule has 2 unspecified atom stereocenters. The predicted molar refractivity (Wildman–Crippen MR) is 73.7 cm³/mol. The summed E-state index contributed by atoms with van der Waals surface area (Å²) in [6.45, 7) is 7.90. The number of esters is 1. The molecule has 1 saturated heterocycles. The molecule has 1 amide bonds. The Bertz CT molecular complexity index is 336. The number of hydrogen-bond donors (Lipinski definition) is 1. The molecule has 19 heavy (non-hydrogen) atoms. The first-order valence-corrected chi connectivity index (χ1v) is 6.91. The smallest absolute Gasteiger partial charge is 0.326 e. The van der Waals surface area contributed by atoms with E-state index in [2.05, 4.69) is 5.32 Å². The fourth-order valence-corrected chi connectivity index (χ4v) is 2.45. The Hall–Kier alpha value is -1.10. The van der Waals surface area contributed by atoms with Crippen molar-refractivity contribution in [2.24, 2.45) is 0 Å². The van der Waals surface area contributed by atoms with Gasteiger partial charge in [-0.3, -0.25) is 14.5 Å². The van der Waals surface area contributed by atoms with Gasteiger partial charge in [0.25, 0.3) is 0 Å². The van der Waals surface area contributed by atoms with Gasteiger partial charge in [-0.1, -0.05) is 6.42 Å². The van der Waals surface area contributed by atoms with Crippen LogP contribution in [0.25, 0.3) is 0 Å². The Labute approximate surface area is 115 Å². The van der Waals surface area contributed by atoms with Crippen molar-refractivity contribution in [3.8, 4) is 0 Å². The monoisotopic (exact) mass is 270 g/mol. The van der Waals surface area contributed by atoms with Gasteiger partial charge in [0, 0.05) is 6.92 Å². The summed E-state index contributed by atoms with van der Waals surface area (Å²) >= 11 is 0. The second-order valence-electron chi connectivity index (χ2n) is 6.26. The molecule has 5 heteroatoms. The van der Waals surface area contributed by atoms with E-state index < -0.39 is 11.6 Å². The SMILES string of the molecule is CC(=O)NC1CCCCN(C)C1C(=O)OC(C)(C)C. The van der Waals surface area contributed by atoms with Gasteiger partial charge < -0.3 is 10.1 Å². The lowest BCUT2D eigenvalue weighted by Gasteiger charge is -2.33. The van der Waals surface area contributed by atoms with E-state index in [0.29, 0.717) is 0 Å². The summed E-state index contributed by atoms with van der Waals surface area (Å²) in [5.41, 5.74) is -0.509. The molecule has 1 rings (SSSR count). The first-order chi connectivity index (χ1) is 8.70. The van der Waals surface area contributed by atoms with Crippen LogP contribution in [0.2, 0.25) is 0 Å². The average molecular weight is 270 g/mol. The van der Waals surface area contributed by atoms with Crippen LogP contribution in [0.1, 0.15) is 47.0 Å². The van der Waals surface area contributed by atoms with Crippen molar-refractivity contribution in [2.45, 2.75) is 64.6 Å². The van der Waals surface area contributed by atoms with Crippen LogP contribution in [0.5, 0.6) is 0 Å². The van der Waals surface area contributed by atoms with Crippen molar-refractivity contribution >= 4 is 11.9 Å². The second-order valence-corrected chi connectivity index (χ2v) is 6.26. The molecule has 0 aliphatic carbocycles. The molecule has 1 aliphatic heterocycles. The molecule has 1 heterocycles. The molecule has 0 radical (unpaired) electrons. The van der Waals surface area contributed by atoms with Crippen molar-refractivity contribution in [1.82, 2.24) is 10.2 Å². The molecule has 110 valence electrons. The van der Waals surface area contributed by atoms with Crippen LogP contribution in [0.15, 0.2) is 0 Å². The summed E-state index contributed by atoms with van der Waals surface area (Å²) in [5.74, 6) is -0.357. The largest absolute Gasteiger partial charge is 0.459 e. The molecule has 1 N–H and O–H groups in total. The lowest BCUT2D eigenvalue weighted by Crippen LogP contribution is -2.54. The maximum Gasteiger partial charge on any atom is 0.326 e. The predicted octanol–water partition coefficient (Wildman–Crippen LogP) is 1.32. The molecular formula is C14H26N2O3. The van der Waals surface area contributed by atoms with Crippen molar-refractivity contribution in [2.75, 3.05) is 13.6 Å². The van der Waals surface area contributed by atoms with Crippen LogP contribution in [0, 0.1) is 0 Å². The summed E-state index contributed by atoms with van der Waals surface area (Å²) in [6.07, 6.45) is 2.86. The van der Waals surface area contributed by atoms with E-state index in [0.717, 1.165) is 25.8 Å². The van der Waals surface area contributed by atoms with Gasteiger partial charge in [0.15, 0.2) is 0 Å². The second kappa shape index (κ2) is 6.37. The number of ether oxygens (including phenoxy) is 1. The van der Waals surface area contributed by atoms with E-state index in [9.17, 15) is 9.59 Å². The Kier molecular flexibility index (Phi) is 5.35. The highest BCUT2D eigenvalue weighted by Gasteiger charge is 2.36. The number of rotatable bonds is 2. The van der Waals surface area contributed by atoms with Gasteiger partial charge in [-0.15, -0.1) is 0 Å². The number of likely N-dealkylation sites (tertiary alicyclic amines) is 1. The van der Waals surface area contributed by atoms with Crippen LogP contribution in [0.3, 0.4) is 0 Å². The van der Waals surface area contributed by atoms with E-state index in [1.807, 2.05) is 32.7 Å². The number of likely N-dealkylation sites (N-methyl/N-ethyl adjacent to an activating group) is 1. The van der Waals surface area contributed by atoms with Crippen LogP contribution in [0.4, 0.5) is 0 Å². The van der Waals surface area contributed by atoms with Crippen LogP contribution < -0.4 is 5.32 Å². The van der Waals surface area contributed by atoms with E-state index in [-0.39, 0.29) is 17.9 Å². The minimum absolute atomic E-state index is 0.103. The van der Waals surface area contributed by atoms with Crippen LogP contribution in [-0.4, -0.2) is 48.1 Å². The minimum Gasteiger partial charge on any atom is -0.459 e. The van der Waals surface area contributed by atoms with Crippen molar-refractivity contribution in [3.63, 3.8) is 0 Å². The molecule has 0 aromatic heterocycles. The molecule has 0 aromatic carbocycles. The molecule has 0 aromatic rings. The van der Waals surface area contributed by atoms with Crippen molar-refractivity contribution in [1.29, 1.82) is 0 Å². The number of carbonyl (C=O) groups is 2. The Morgan fingerprint density at radius 1 is 1.26 bits per heavy atom. The molecular weight excluding hydrogens is 244 g/mol. The molecule has 0 spiro atoms. The summed E-state index contributed by atoms with van der Waals surface area (Å²) < 4.78 is 5.48. The van der Waals surface area contributed by atoms with Crippen LogP contribution in [-0.2, 0) is 14.3 Å². The number of amides is 1. The lowest BCUT2D eigenvalue weighted by molar-refractivity contribution is -0.162. The Balaban J connectivity index is 2.86.